The van der Waals surface area contributed by atoms with Crippen molar-refractivity contribution in [1.82, 2.24) is 4.98 Å². The monoisotopic (exact) mass is 286 g/mol. The minimum absolute atomic E-state index is 0.162. The predicted octanol–water partition coefficient (Wildman–Crippen LogP) is 4.37. The highest BCUT2D eigenvalue weighted by atomic mass is 35.5. The van der Waals surface area contributed by atoms with Gasteiger partial charge in [0.2, 0.25) is 0 Å². The average Bonchev–Trinajstić information content (AvgIpc) is 2.37. The first-order valence-corrected chi connectivity index (χ1v) is 5.86. The van der Waals surface area contributed by atoms with E-state index in [2.05, 4.69) is 10.3 Å². The Kier molecular flexibility index (Phi) is 3.95. The van der Waals surface area contributed by atoms with Gasteiger partial charge in [-0.2, -0.15) is 13.2 Å². The summed E-state index contributed by atoms with van der Waals surface area (Å²) in [7, 11) is 0. The number of benzene rings is 1. The SMILES string of the molecule is FC(F)(F)c1cccc(NCc2ccccc2Cl)n1. The quantitative estimate of drug-likeness (QED) is 0.906. The van der Waals surface area contributed by atoms with Crippen LogP contribution >= 0.6 is 11.6 Å². The molecule has 1 N–H and O–H groups in total. The van der Waals surface area contributed by atoms with Crippen molar-refractivity contribution >= 4 is 17.4 Å². The molecule has 0 saturated heterocycles. The van der Waals surface area contributed by atoms with E-state index in [1.165, 1.54) is 12.1 Å². The standard InChI is InChI=1S/C13H10ClF3N2/c14-10-5-2-1-4-9(10)8-18-12-7-3-6-11(19-12)13(15,16)17/h1-7H,8H2,(H,18,19). The first-order valence-electron chi connectivity index (χ1n) is 5.48. The smallest absolute Gasteiger partial charge is 0.366 e. The Balaban J connectivity index is 2.10. The Morgan fingerprint density at radius 3 is 2.47 bits per heavy atom. The van der Waals surface area contributed by atoms with Gasteiger partial charge < -0.3 is 5.32 Å². The molecule has 2 aromatic rings. The average molecular weight is 287 g/mol. The Hall–Kier alpha value is -1.75. The fourth-order valence-corrected chi connectivity index (χ4v) is 1.72. The minimum Gasteiger partial charge on any atom is -0.366 e. The van der Waals surface area contributed by atoms with Crippen LogP contribution < -0.4 is 5.32 Å². The van der Waals surface area contributed by atoms with Gasteiger partial charge in [0.05, 0.1) is 0 Å². The third kappa shape index (κ3) is 3.61. The zero-order valence-electron chi connectivity index (χ0n) is 9.71. The summed E-state index contributed by atoms with van der Waals surface area (Å²) in [6.45, 7) is 0.313. The summed E-state index contributed by atoms with van der Waals surface area (Å²) in [5.41, 5.74) is -0.125. The van der Waals surface area contributed by atoms with E-state index in [9.17, 15) is 13.2 Å². The second kappa shape index (κ2) is 5.48. The van der Waals surface area contributed by atoms with Crippen molar-refractivity contribution in [1.29, 1.82) is 0 Å². The second-order valence-electron chi connectivity index (χ2n) is 3.85. The second-order valence-corrected chi connectivity index (χ2v) is 4.26. The van der Waals surface area contributed by atoms with Crippen LogP contribution in [0.1, 0.15) is 11.3 Å². The molecule has 0 amide bonds. The summed E-state index contributed by atoms with van der Waals surface area (Å²) in [6.07, 6.45) is -4.44. The molecular weight excluding hydrogens is 277 g/mol. The van der Waals surface area contributed by atoms with Crippen molar-refractivity contribution in [3.8, 4) is 0 Å². The lowest BCUT2D eigenvalue weighted by Crippen LogP contribution is -2.10. The molecule has 6 heteroatoms. The lowest BCUT2D eigenvalue weighted by Gasteiger charge is -2.10. The third-order valence-corrected chi connectivity index (χ3v) is 2.83. The van der Waals surface area contributed by atoms with E-state index >= 15 is 0 Å². The Morgan fingerprint density at radius 1 is 1.05 bits per heavy atom. The molecule has 100 valence electrons. The first-order chi connectivity index (χ1) is 8.97. The highest BCUT2D eigenvalue weighted by molar-refractivity contribution is 6.31. The maximum Gasteiger partial charge on any atom is 0.433 e. The van der Waals surface area contributed by atoms with Gasteiger partial charge in [-0.25, -0.2) is 4.98 Å². The molecule has 0 bridgehead atoms. The van der Waals surface area contributed by atoms with Crippen LogP contribution in [0.5, 0.6) is 0 Å². The molecule has 19 heavy (non-hydrogen) atoms. The molecule has 1 aromatic heterocycles. The number of hydrogen-bond acceptors (Lipinski definition) is 2. The van der Waals surface area contributed by atoms with Crippen molar-refractivity contribution in [3.05, 3.63) is 58.7 Å². The van der Waals surface area contributed by atoms with E-state index in [-0.39, 0.29) is 5.82 Å². The van der Waals surface area contributed by atoms with Crippen LogP contribution in [0, 0.1) is 0 Å². The zero-order valence-corrected chi connectivity index (χ0v) is 10.5. The molecule has 2 rings (SSSR count). The summed E-state index contributed by atoms with van der Waals surface area (Å²) < 4.78 is 37.5. The molecular formula is C13H10ClF3N2. The summed E-state index contributed by atoms with van der Waals surface area (Å²) >= 11 is 5.95. The number of nitrogens with one attached hydrogen (secondary N) is 1. The molecule has 1 aromatic carbocycles. The Labute approximate surface area is 113 Å². The fraction of sp³-hybridized carbons (Fsp3) is 0.154. The highest BCUT2D eigenvalue weighted by Crippen LogP contribution is 2.28. The number of alkyl halides is 3. The van der Waals surface area contributed by atoms with E-state index in [0.29, 0.717) is 11.6 Å². The van der Waals surface area contributed by atoms with Crippen LogP contribution in [0.15, 0.2) is 42.5 Å². The van der Waals surface area contributed by atoms with E-state index < -0.39 is 11.9 Å². The molecule has 2 nitrogen and oxygen atoms in total. The molecule has 0 aliphatic rings. The topological polar surface area (TPSA) is 24.9 Å². The number of rotatable bonds is 3. The Bertz CT molecular complexity index is 570. The highest BCUT2D eigenvalue weighted by Gasteiger charge is 2.32. The van der Waals surface area contributed by atoms with Crippen LogP contribution in [0.4, 0.5) is 19.0 Å². The molecule has 0 spiro atoms. The van der Waals surface area contributed by atoms with Crippen molar-refractivity contribution in [2.45, 2.75) is 12.7 Å². The van der Waals surface area contributed by atoms with E-state index in [4.69, 9.17) is 11.6 Å². The van der Waals surface area contributed by atoms with Gasteiger partial charge in [-0.05, 0) is 23.8 Å². The van der Waals surface area contributed by atoms with Crippen LogP contribution in [0.2, 0.25) is 5.02 Å². The third-order valence-electron chi connectivity index (χ3n) is 2.46. The van der Waals surface area contributed by atoms with Gasteiger partial charge in [0, 0.05) is 11.6 Å². The van der Waals surface area contributed by atoms with Gasteiger partial charge in [-0.15, -0.1) is 0 Å². The summed E-state index contributed by atoms with van der Waals surface area (Å²) in [5.74, 6) is 0.162. The predicted molar refractivity (Wildman–Crippen MR) is 68.0 cm³/mol. The van der Waals surface area contributed by atoms with Gasteiger partial charge in [-0.3, -0.25) is 0 Å². The van der Waals surface area contributed by atoms with E-state index in [1.807, 2.05) is 6.07 Å². The Morgan fingerprint density at radius 2 is 1.79 bits per heavy atom. The molecule has 0 saturated carbocycles. The van der Waals surface area contributed by atoms with Crippen LogP contribution in [0.3, 0.4) is 0 Å². The van der Waals surface area contributed by atoms with Gasteiger partial charge >= 0.3 is 6.18 Å². The summed E-state index contributed by atoms with van der Waals surface area (Å²) in [4.78, 5) is 3.51. The van der Waals surface area contributed by atoms with Gasteiger partial charge in [-0.1, -0.05) is 35.9 Å². The van der Waals surface area contributed by atoms with E-state index in [0.717, 1.165) is 11.6 Å². The van der Waals surface area contributed by atoms with Crippen molar-refractivity contribution < 1.29 is 13.2 Å². The van der Waals surface area contributed by atoms with E-state index in [1.54, 1.807) is 18.2 Å². The summed E-state index contributed by atoms with van der Waals surface area (Å²) in [5, 5.41) is 3.38. The van der Waals surface area contributed by atoms with Crippen LogP contribution in [-0.2, 0) is 12.7 Å². The van der Waals surface area contributed by atoms with Crippen LogP contribution in [0.25, 0.3) is 0 Å². The lowest BCUT2D eigenvalue weighted by atomic mass is 10.2. The maximum atomic E-state index is 12.5. The summed E-state index contributed by atoms with van der Waals surface area (Å²) in [6, 6.07) is 10.8. The molecule has 0 unspecified atom stereocenters. The number of aromatic nitrogens is 1. The number of nitrogens with zero attached hydrogens (tertiary/aromatic N) is 1. The molecule has 0 fully saturated rings. The lowest BCUT2D eigenvalue weighted by molar-refractivity contribution is -0.141. The number of hydrogen-bond donors (Lipinski definition) is 1. The molecule has 0 aliphatic carbocycles. The first kappa shape index (κ1) is 13.7. The largest absolute Gasteiger partial charge is 0.433 e. The minimum atomic E-state index is -4.44. The van der Waals surface area contributed by atoms with Crippen molar-refractivity contribution in [3.63, 3.8) is 0 Å². The molecule has 0 atom stereocenters. The van der Waals surface area contributed by atoms with Gasteiger partial charge in [0.15, 0.2) is 0 Å². The fourth-order valence-electron chi connectivity index (χ4n) is 1.52. The number of pyridine rings is 1. The maximum absolute atomic E-state index is 12.5. The van der Waals surface area contributed by atoms with Crippen LogP contribution in [-0.4, -0.2) is 4.98 Å². The molecule has 0 aliphatic heterocycles. The normalized spacial score (nSPS) is 11.4. The number of halogens is 4. The van der Waals surface area contributed by atoms with Crippen molar-refractivity contribution in [2.24, 2.45) is 0 Å². The van der Waals surface area contributed by atoms with Gasteiger partial charge in [0.1, 0.15) is 11.5 Å². The van der Waals surface area contributed by atoms with Gasteiger partial charge in [0.25, 0.3) is 0 Å². The van der Waals surface area contributed by atoms with Crippen molar-refractivity contribution in [2.75, 3.05) is 5.32 Å². The molecule has 0 radical (unpaired) electrons. The number of anilines is 1. The molecule has 1 heterocycles. The zero-order chi connectivity index (χ0) is 13.9.